The lowest BCUT2D eigenvalue weighted by Gasteiger charge is -2.37. The molecule has 0 saturated heterocycles. The van der Waals surface area contributed by atoms with Gasteiger partial charge in [0.25, 0.3) is 0 Å². The van der Waals surface area contributed by atoms with Crippen molar-refractivity contribution in [1.29, 1.82) is 0 Å². The fourth-order valence-corrected chi connectivity index (χ4v) is 8.79. The molecule has 8 heteroatoms. The summed E-state index contributed by atoms with van der Waals surface area (Å²) in [6, 6.07) is 24.7. The Kier molecular flexibility index (Phi) is 11.5. The molecule has 0 unspecified atom stereocenters. The van der Waals surface area contributed by atoms with Crippen LogP contribution in [0.25, 0.3) is 0 Å². The topological polar surface area (TPSA) is 61.8 Å². The number of carbonyl (C=O) groups excluding carboxylic acids is 2. The second-order valence-corrected chi connectivity index (χ2v) is 15.1. The van der Waals surface area contributed by atoms with E-state index in [0.29, 0.717) is 29.7 Å². The van der Waals surface area contributed by atoms with E-state index >= 15 is 0 Å². The van der Waals surface area contributed by atoms with Crippen LogP contribution in [0.4, 0.5) is 4.39 Å². The number of carbonyl (C=O) groups is 2. The third kappa shape index (κ3) is 9.02. The quantitative estimate of drug-likeness (QED) is 0.110. The van der Waals surface area contributed by atoms with Crippen LogP contribution < -0.4 is 0 Å². The third-order valence-corrected chi connectivity index (χ3v) is 10.9. The van der Waals surface area contributed by atoms with Gasteiger partial charge in [-0.05, 0) is 85.1 Å². The van der Waals surface area contributed by atoms with Crippen LogP contribution in [0.3, 0.4) is 0 Å². The highest BCUT2D eigenvalue weighted by Gasteiger charge is 2.39. The molecule has 1 aliphatic carbocycles. The predicted molar refractivity (Wildman–Crippen MR) is 177 cm³/mol. The molecule has 0 spiro atoms. The number of hydrogen-bond donors (Lipinski definition) is 0. The number of thioether (sulfide) groups is 2. The van der Waals surface area contributed by atoms with Crippen molar-refractivity contribution in [3.63, 3.8) is 0 Å². The monoisotopic (exact) mass is 648 g/mol. The number of esters is 2. The average molecular weight is 649 g/mol. The molecule has 1 fully saturated rings. The van der Waals surface area contributed by atoms with Crippen molar-refractivity contribution >= 4 is 35.5 Å². The molecule has 5 atom stereocenters. The standard InChI is InChI=1S/C37H41FO5S2/c1-23(2)30-18-15-24(3)19-33(30)42-34-22-32(37(40)43-34)36(41-25(4)39)31-21-27(38)17-16-26(31)20-35(44-28-11-7-5-8-12-28)45-29-13-9-6-10-14-29/h5-14,16-17,21-24,30,33-36H,15,18-20H2,1-4H3/t24-,30+,33-,34-,36+/m1/s1. The van der Waals surface area contributed by atoms with Crippen LogP contribution in [0.2, 0.25) is 0 Å². The van der Waals surface area contributed by atoms with Crippen molar-refractivity contribution in [3.05, 3.63) is 107 Å². The lowest BCUT2D eigenvalue weighted by atomic mass is 9.75. The summed E-state index contributed by atoms with van der Waals surface area (Å²) >= 11 is 3.41. The van der Waals surface area contributed by atoms with Gasteiger partial charge in [-0.25, -0.2) is 9.18 Å². The molecule has 0 amide bonds. The highest BCUT2D eigenvalue weighted by Crippen LogP contribution is 2.42. The van der Waals surface area contributed by atoms with Gasteiger partial charge in [0, 0.05) is 22.3 Å². The molecule has 1 aliphatic heterocycles. The molecule has 5 nitrogen and oxygen atoms in total. The second-order valence-electron chi connectivity index (χ2n) is 12.2. The van der Waals surface area contributed by atoms with Crippen LogP contribution in [0.5, 0.6) is 0 Å². The molecule has 0 bridgehead atoms. The summed E-state index contributed by atoms with van der Waals surface area (Å²) in [7, 11) is 0. The van der Waals surface area contributed by atoms with Crippen LogP contribution >= 0.6 is 23.5 Å². The average Bonchev–Trinajstić information content (AvgIpc) is 3.37. The molecule has 1 heterocycles. The third-order valence-electron chi connectivity index (χ3n) is 8.41. The fraction of sp³-hybridized carbons (Fsp3) is 0.405. The van der Waals surface area contributed by atoms with E-state index in [1.54, 1.807) is 35.7 Å². The molecule has 2 aliphatic rings. The Balaban J connectivity index is 1.45. The first kappa shape index (κ1) is 33.3. The SMILES string of the molecule is CC(=O)O[C@H](C1=C[C@H](O[C@@H]2C[C@H](C)CC[C@H]2C(C)C)OC1=O)c1cc(F)ccc1CC(Sc1ccccc1)Sc1ccccc1. The minimum atomic E-state index is -1.13. The lowest BCUT2D eigenvalue weighted by Crippen LogP contribution is -2.36. The van der Waals surface area contributed by atoms with Crippen LogP contribution in [0.15, 0.2) is 100 Å². The Labute approximate surface area is 274 Å². The molecular formula is C37H41FO5S2. The lowest BCUT2D eigenvalue weighted by molar-refractivity contribution is -0.179. The van der Waals surface area contributed by atoms with Gasteiger partial charge >= 0.3 is 11.9 Å². The van der Waals surface area contributed by atoms with E-state index in [-0.39, 0.29) is 16.3 Å². The Morgan fingerprint density at radius 3 is 2.22 bits per heavy atom. The predicted octanol–water partition coefficient (Wildman–Crippen LogP) is 9.17. The van der Waals surface area contributed by atoms with Gasteiger partial charge in [-0.3, -0.25) is 4.79 Å². The number of ether oxygens (including phenoxy) is 3. The molecule has 3 aromatic carbocycles. The molecule has 3 aromatic rings. The van der Waals surface area contributed by atoms with Crippen molar-refractivity contribution in [3.8, 4) is 0 Å². The summed E-state index contributed by atoms with van der Waals surface area (Å²) in [6.45, 7) is 7.90. The molecular weight excluding hydrogens is 608 g/mol. The van der Waals surface area contributed by atoms with E-state index in [1.165, 1.54) is 19.1 Å². The van der Waals surface area contributed by atoms with Crippen LogP contribution in [-0.2, 0) is 30.2 Å². The van der Waals surface area contributed by atoms with Gasteiger partial charge in [-0.1, -0.05) is 69.7 Å². The van der Waals surface area contributed by atoms with E-state index < -0.39 is 30.1 Å². The Hall–Kier alpha value is -3.07. The summed E-state index contributed by atoms with van der Waals surface area (Å²) in [6.07, 6.45) is 3.15. The molecule has 0 N–H and O–H groups in total. The smallest absolute Gasteiger partial charge is 0.340 e. The van der Waals surface area contributed by atoms with Gasteiger partial charge in [0.2, 0.25) is 6.29 Å². The zero-order valence-corrected chi connectivity index (χ0v) is 27.8. The molecule has 1 saturated carbocycles. The Morgan fingerprint density at radius 1 is 0.978 bits per heavy atom. The largest absolute Gasteiger partial charge is 0.452 e. The van der Waals surface area contributed by atoms with Crippen molar-refractivity contribution in [1.82, 2.24) is 0 Å². The van der Waals surface area contributed by atoms with Gasteiger partial charge in [0.1, 0.15) is 5.82 Å². The number of benzene rings is 3. The van der Waals surface area contributed by atoms with E-state index in [1.807, 2.05) is 36.4 Å². The van der Waals surface area contributed by atoms with Gasteiger partial charge in [-0.15, -0.1) is 23.5 Å². The summed E-state index contributed by atoms with van der Waals surface area (Å²) in [5, 5.41) is 0. The summed E-state index contributed by atoms with van der Waals surface area (Å²) in [5.41, 5.74) is 1.35. The van der Waals surface area contributed by atoms with Gasteiger partial charge < -0.3 is 14.2 Å². The highest BCUT2D eigenvalue weighted by molar-refractivity contribution is 8.17. The van der Waals surface area contributed by atoms with Gasteiger partial charge in [-0.2, -0.15) is 0 Å². The van der Waals surface area contributed by atoms with Gasteiger partial charge in [0.05, 0.1) is 16.3 Å². The number of halogens is 1. The van der Waals surface area contributed by atoms with E-state index in [4.69, 9.17) is 14.2 Å². The zero-order chi connectivity index (χ0) is 31.9. The van der Waals surface area contributed by atoms with Crippen molar-refractivity contribution in [2.24, 2.45) is 17.8 Å². The van der Waals surface area contributed by atoms with Crippen molar-refractivity contribution in [2.45, 2.75) is 86.2 Å². The first-order chi connectivity index (χ1) is 21.7. The first-order valence-electron chi connectivity index (χ1n) is 15.6. The molecule has 45 heavy (non-hydrogen) atoms. The Morgan fingerprint density at radius 2 is 1.62 bits per heavy atom. The van der Waals surface area contributed by atoms with E-state index in [9.17, 15) is 14.0 Å². The van der Waals surface area contributed by atoms with E-state index in [2.05, 4.69) is 45.0 Å². The maximum Gasteiger partial charge on any atom is 0.340 e. The van der Waals surface area contributed by atoms with Crippen LogP contribution in [-0.4, -0.2) is 28.9 Å². The molecule has 0 radical (unpaired) electrons. The Bertz CT molecular complexity index is 1440. The number of hydrogen-bond acceptors (Lipinski definition) is 7. The van der Waals surface area contributed by atoms with Crippen molar-refractivity contribution in [2.75, 3.05) is 0 Å². The number of cyclic esters (lactones) is 1. The minimum absolute atomic E-state index is 0.00108. The summed E-state index contributed by atoms with van der Waals surface area (Å²) in [5.74, 6) is -0.377. The summed E-state index contributed by atoms with van der Waals surface area (Å²) < 4.78 is 32.7. The second kappa shape index (κ2) is 15.5. The maximum absolute atomic E-state index is 14.9. The van der Waals surface area contributed by atoms with Crippen LogP contribution in [0, 0.1) is 23.6 Å². The van der Waals surface area contributed by atoms with Crippen molar-refractivity contribution < 1.29 is 28.2 Å². The maximum atomic E-state index is 14.9. The van der Waals surface area contributed by atoms with Gasteiger partial charge in [0.15, 0.2) is 6.10 Å². The first-order valence-corrected chi connectivity index (χ1v) is 17.4. The molecule has 238 valence electrons. The van der Waals surface area contributed by atoms with E-state index in [0.717, 1.165) is 34.6 Å². The fourth-order valence-electron chi connectivity index (χ4n) is 6.17. The highest BCUT2D eigenvalue weighted by atomic mass is 32.2. The molecule has 5 rings (SSSR count). The number of rotatable bonds is 12. The zero-order valence-electron chi connectivity index (χ0n) is 26.2. The summed E-state index contributed by atoms with van der Waals surface area (Å²) in [4.78, 5) is 28.0. The van der Waals surface area contributed by atoms with Crippen LogP contribution in [0.1, 0.15) is 64.2 Å². The molecule has 0 aromatic heterocycles. The normalized spacial score (nSPS) is 22.3. The minimum Gasteiger partial charge on any atom is -0.452 e.